The van der Waals surface area contributed by atoms with E-state index < -0.39 is 24.9 Å². The Morgan fingerprint density at radius 3 is 2.75 bits per heavy atom. The summed E-state index contributed by atoms with van der Waals surface area (Å²) in [5.41, 5.74) is 1.30. The summed E-state index contributed by atoms with van der Waals surface area (Å²) in [7, 11) is 0. The third-order valence-corrected chi connectivity index (χ3v) is 3.27. The topological polar surface area (TPSA) is 49.8 Å². The lowest BCUT2D eigenvalue weighted by molar-refractivity contribution is -0.323. The predicted octanol–water partition coefficient (Wildman–Crippen LogP) is 2.60. The van der Waals surface area contributed by atoms with E-state index in [9.17, 15) is 18.0 Å². The van der Waals surface area contributed by atoms with E-state index in [1.54, 1.807) is 29.2 Å². The molecule has 1 atom stereocenters. The fraction of sp³-hybridized carbons (Fsp3) is 0.462. The molecule has 20 heavy (non-hydrogen) atoms. The van der Waals surface area contributed by atoms with E-state index >= 15 is 0 Å². The van der Waals surface area contributed by atoms with E-state index in [-0.39, 0.29) is 6.54 Å². The molecule has 1 N–H and O–H groups in total. The molecule has 0 bridgehead atoms. The van der Waals surface area contributed by atoms with Crippen molar-refractivity contribution in [3.05, 3.63) is 29.8 Å². The minimum absolute atomic E-state index is 0.0723. The second-order valence-corrected chi connectivity index (χ2v) is 4.52. The quantitative estimate of drug-likeness (QED) is 0.925. The van der Waals surface area contributed by atoms with Gasteiger partial charge in [-0.1, -0.05) is 18.2 Å². The maximum absolute atomic E-state index is 12.0. The van der Waals surface area contributed by atoms with Crippen LogP contribution in [0.5, 0.6) is 0 Å². The number of carboxylic acids is 1. The van der Waals surface area contributed by atoms with Gasteiger partial charge < -0.3 is 10.0 Å². The number of hydrogen-bond donors (Lipinski definition) is 1. The molecule has 0 amide bonds. The van der Waals surface area contributed by atoms with Gasteiger partial charge in [0.15, 0.2) is 0 Å². The van der Waals surface area contributed by atoms with Crippen molar-refractivity contribution < 1.29 is 27.8 Å². The van der Waals surface area contributed by atoms with Crippen LogP contribution in [0.15, 0.2) is 24.3 Å². The summed E-state index contributed by atoms with van der Waals surface area (Å²) in [6.45, 7) is -0.00632. The zero-order chi connectivity index (χ0) is 14.8. The molecule has 0 spiro atoms. The van der Waals surface area contributed by atoms with Crippen molar-refractivity contribution in [2.24, 2.45) is 0 Å². The van der Waals surface area contributed by atoms with Crippen molar-refractivity contribution in [2.45, 2.75) is 18.7 Å². The second-order valence-electron chi connectivity index (χ2n) is 4.52. The van der Waals surface area contributed by atoms with Gasteiger partial charge in [0.2, 0.25) is 0 Å². The average molecular weight is 289 g/mol. The lowest BCUT2D eigenvalue weighted by Crippen LogP contribution is -2.36. The van der Waals surface area contributed by atoms with Gasteiger partial charge in [-0.15, -0.1) is 13.2 Å². The molecule has 1 aliphatic rings. The number of carbonyl (C=O) groups is 1. The normalized spacial score (nSPS) is 18.8. The van der Waals surface area contributed by atoms with Crippen LogP contribution in [0.2, 0.25) is 0 Å². The van der Waals surface area contributed by atoms with Crippen molar-refractivity contribution >= 4 is 11.7 Å². The molecule has 1 aliphatic heterocycles. The molecular formula is C13H14F3NO3. The molecule has 0 aliphatic carbocycles. The van der Waals surface area contributed by atoms with Gasteiger partial charge in [0.1, 0.15) is 0 Å². The Balaban J connectivity index is 2.09. The van der Waals surface area contributed by atoms with Crippen LogP contribution >= 0.6 is 0 Å². The zero-order valence-electron chi connectivity index (χ0n) is 10.6. The Hall–Kier alpha value is -1.76. The van der Waals surface area contributed by atoms with Crippen LogP contribution in [0.25, 0.3) is 0 Å². The molecule has 2 rings (SSSR count). The fourth-order valence-corrected chi connectivity index (χ4v) is 2.39. The Bertz CT molecular complexity index is 490. The molecule has 0 radical (unpaired) electrons. The highest BCUT2D eigenvalue weighted by molar-refractivity contribution is 5.80. The van der Waals surface area contributed by atoms with Crippen LogP contribution in [0.4, 0.5) is 18.9 Å². The lowest BCUT2D eigenvalue weighted by Gasteiger charge is -2.34. The van der Waals surface area contributed by atoms with Gasteiger partial charge in [-0.05, 0) is 18.1 Å². The Morgan fingerprint density at radius 1 is 1.40 bits per heavy atom. The number of halogens is 3. The minimum atomic E-state index is -4.64. The van der Waals surface area contributed by atoms with Crippen LogP contribution < -0.4 is 4.90 Å². The van der Waals surface area contributed by atoms with Crippen LogP contribution in [0.1, 0.15) is 17.9 Å². The highest BCUT2D eigenvalue weighted by Crippen LogP contribution is 2.35. The molecule has 0 saturated carbocycles. The number of nitrogens with zero attached hydrogens (tertiary/aromatic N) is 1. The van der Waals surface area contributed by atoms with Gasteiger partial charge in [-0.25, -0.2) is 0 Å². The smallest absolute Gasteiger partial charge is 0.481 e. The molecule has 0 aromatic heterocycles. The SMILES string of the molecule is O=C(O)C1CCN(CCOC(F)(F)F)c2ccccc21. The summed E-state index contributed by atoms with van der Waals surface area (Å²) in [5, 5.41) is 9.16. The first-order valence-electron chi connectivity index (χ1n) is 6.16. The number of carboxylic acid groups (broad SMARTS) is 1. The number of fused-ring (bicyclic) bond motifs is 1. The molecule has 1 heterocycles. The number of rotatable bonds is 4. The fourth-order valence-electron chi connectivity index (χ4n) is 2.39. The second kappa shape index (κ2) is 5.70. The summed E-state index contributed by atoms with van der Waals surface area (Å²) >= 11 is 0. The van der Waals surface area contributed by atoms with E-state index in [0.29, 0.717) is 24.2 Å². The monoisotopic (exact) mass is 289 g/mol. The van der Waals surface area contributed by atoms with Gasteiger partial charge in [0, 0.05) is 18.8 Å². The van der Waals surface area contributed by atoms with Crippen molar-refractivity contribution in [3.8, 4) is 0 Å². The van der Waals surface area contributed by atoms with Gasteiger partial charge in [-0.3, -0.25) is 9.53 Å². The number of anilines is 1. The van der Waals surface area contributed by atoms with Crippen molar-refractivity contribution in [1.82, 2.24) is 0 Å². The Labute approximate surface area is 113 Å². The summed E-state index contributed by atoms with van der Waals surface area (Å²) in [6, 6.07) is 6.88. The number of aliphatic carboxylic acids is 1. The van der Waals surface area contributed by atoms with E-state index in [0.717, 1.165) is 0 Å². The van der Waals surface area contributed by atoms with E-state index in [4.69, 9.17) is 5.11 Å². The lowest BCUT2D eigenvalue weighted by atomic mass is 9.90. The maximum Gasteiger partial charge on any atom is 0.522 e. The molecule has 1 aromatic rings. The first-order chi connectivity index (χ1) is 9.38. The Morgan fingerprint density at radius 2 is 2.10 bits per heavy atom. The van der Waals surface area contributed by atoms with Crippen LogP contribution in [0.3, 0.4) is 0 Å². The molecule has 1 unspecified atom stereocenters. The largest absolute Gasteiger partial charge is 0.522 e. The number of para-hydroxylation sites is 1. The van der Waals surface area contributed by atoms with Crippen molar-refractivity contribution in [1.29, 1.82) is 0 Å². The molecule has 0 saturated heterocycles. The standard InChI is InChI=1S/C13H14F3NO3/c14-13(15,16)20-8-7-17-6-5-10(12(18)19)9-3-1-2-4-11(9)17/h1-4,10H,5-8H2,(H,18,19). The maximum atomic E-state index is 12.0. The first kappa shape index (κ1) is 14.6. The first-order valence-corrected chi connectivity index (χ1v) is 6.16. The molecular weight excluding hydrogens is 275 g/mol. The highest BCUT2D eigenvalue weighted by Gasteiger charge is 2.31. The molecule has 110 valence electrons. The molecule has 4 nitrogen and oxygen atoms in total. The van der Waals surface area contributed by atoms with Gasteiger partial charge in [0.25, 0.3) is 0 Å². The minimum Gasteiger partial charge on any atom is -0.481 e. The summed E-state index contributed by atoms with van der Waals surface area (Å²) < 4.78 is 39.6. The van der Waals surface area contributed by atoms with Gasteiger partial charge >= 0.3 is 12.3 Å². The van der Waals surface area contributed by atoms with Crippen molar-refractivity contribution in [3.63, 3.8) is 0 Å². The van der Waals surface area contributed by atoms with Gasteiger partial charge in [-0.2, -0.15) is 0 Å². The number of benzene rings is 1. The number of alkyl halides is 3. The van der Waals surface area contributed by atoms with Crippen LogP contribution in [0, 0.1) is 0 Å². The summed E-state index contributed by atoms with van der Waals surface area (Å²) in [6.07, 6.45) is -4.27. The highest BCUT2D eigenvalue weighted by atomic mass is 19.4. The van der Waals surface area contributed by atoms with E-state index in [2.05, 4.69) is 4.74 Å². The zero-order valence-corrected chi connectivity index (χ0v) is 10.6. The summed E-state index contributed by atoms with van der Waals surface area (Å²) in [4.78, 5) is 12.9. The van der Waals surface area contributed by atoms with Crippen molar-refractivity contribution in [2.75, 3.05) is 24.6 Å². The van der Waals surface area contributed by atoms with Crippen LogP contribution in [-0.4, -0.2) is 37.1 Å². The molecule has 0 fully saturated rings. The number of hydrogen-bond acceptors (Lipinski definition) is 3. The third kappa shape index (κ3) is 3.41. The van der Waals surface area contributed by atoms with E-state index in [1.807, 2.05) is 0 Å². The van der Waals surface area contributed by atoms with E-state index in [1.165, 1.54) is 0 Å². The third-order valence-electron chi connectivity index (χ3n) is 3.27. The molecule has 7 heteroatoms. The number of ether oxygens (including phenoxy) is 1. The van der Waals surface area contributed by atoms with Gasteiger partial charge in [0.05, 0.1) is 12.5 Å². The van der Waals surface area contributed by atoms with Crippen LogP contribution in [-0.2, 0) is 9.53 Å². The summed E-state index contributed by atoms with van der Waals surface area (Å²) in [5.74, 6) is -1.52. The Kier molecular flexibility index (Phi) is 4.17. The average Bonchev–Trinajstić information content (AvgIpc) is 2.37. The molecule has 1 aromatic carbocycles. The predicted molar refractivity (Wildman–Crippen MR) is 65.7 cm³/mol.